The minimum absolute atomic E-state index is 0.0716. The van der Waals surface area contributed by atoms with Crippen LogP contribution in [0.4, 0.5) is 21.5 Å². The molecule has 2 aromatic carbocycles. The van der Waals surface area contributed by atoms with Gasteiger partial charge in [0.1, 0.15) is 5.82 Å². The molecule has 2 aliphatic heterocycles. The quantitative estimate of drug-likeness (QED) is 0.357. The van der Waals surface area contributed by atoms with E-state index in [1.54, 1.807) is 12.3 Å². The van der Waals surface area contributed by atoms with Crippen LogP contribution in [0, 0.1) is 5.82 Å². The monoisotopic (exact) mass is 503 g/mol. The van der Waals surface area contributed by atoms with E-state index in [2.05, 4.69) is 44.2 Å². The topological polar surface area (TPSA) is 63.4 Å². The molecule has 2 fully saturated rings. The molecule has 2 heterocycles. The first-order chi connectivity index (χ1) is 16.3. The zero-order chi connectivity index (χ0) is 24.2. The average Bonchev–Trinajstić information content (AvgIpc) is 3.30. The number of benzene rings is 2. The van der Waals surface area contributed by atoms with Gasteiger partial charge in [-0.1, -0.05) is 11.6 Å². The summed E-state index contributed by atoms with van der Waals surface area (Å²) in [6, 6.07) is 11.8. The lowest BCUT2D eigenvalue weighted by atomic mass is 10.1. The Labute approximate surface area is 210 Å². The highest BCUT2D eigenvalue weighted by Crippen LogP contribution is 2.33. The number of nitrogens with one attached hydrogen (secondary N) is 1. The van der Waals surface area contributed by atoms with E-state index < -0.39 is 0 Å². The Morgan fingerprint density at radius 1 is 1.09 bits per heavy atom. The van der Waals surface area contributed by atoms with Gasteiger partial charge < -0.3 is 25.3 Å². The summed E-state index contributed by atoms with van der Waals surface area (Å²) in [6.45, 7) is 4.87. The van der Waals surface area contributed by atoms with Crippen LogP contribution in [0.15, 0.2) is 41.5 Å². The summed E-state index contributed by atoms with van der Waals surface area (Å²) in [6.07, 6.45) is 2.64. The third-order valence-corrected chi connectivity index (χ3v) is 6.86. The molecule has 0 saturated carbocycles. The van der Waals surface area contributed by atoms with Crippen molar-refractivity contribution in [1.29, 1.82) is 0 Å². The number of halogens is 2. The minimum atomic E-state index is -0.260. The highest BCUT2D eigenvalue weighted by molar-refractivity contribution is 7.80. The van der Waals surface area contributed by atoms with E-state index >= 15 is 4.39 Å². The Balaban J connectivity index is 1.56. The highest BCUT2D eigenvalue weighted by atomic mass is 35.5. The van der Waals surface area contributed by atoms with Crippen molar-refractivity contribution < 1.29 is 4.39 Å². The molecule has 3 N–H and O–H groups in total. The first kappa shape index (κ1) is 24.5. The predicted molar refractivity (Wildman–Crippen MR) is 144 cm³/mol. The molecule has 2 aliphatic rings. The summed E-state index contributed by atoms with van der Waals surface area (Å²) >= 11 is 10.8. The molecule has 4 rings (SSSR count). The fraction of sp³-hybridized carbons (Fsp3) is 0.417. The molecule has 10 heteroatoms. The fourth-order valence-electron chi connectivity index (χ4n) is 4.59. The first-order valence-corrected chi connectivity index (χ1v) is 12.2. The summed E-state index contributed by atoms with van der Waals surface area (Å²) in [5.74, 6) is -0.260. The van der Waals surface area contributed by atoms with Crippen LogP contribution in [-0.4, -0.2) is 75.6 Å². The van der Waals surface area contributed by atoms with Crippen LogP contribution < -0.4 is 25.9 Å². The zero-order valence-electron chi connectivity index (χ0n) is 19.5. The van der Waals surface area contributed by atoms with Gasteiger partial charge in [0.25, 0.3) is 0 Å². The van der Waals surface area contributed by atoms with Crippen molar-refractivity contribution in [1.82, 2.24) is 10.3 Å². The lowest BCUT2D eigenvalue weighted by Crippen LogP contribution is -2.47. The standard InChI is InChI=1S/C24H31ClFN7S/c1-30(2)20-7-8-33(16-20)22-14-23(21(26)13-17(22)15-28-29-24(27)34)32-11-9-31(10-12-32)19-5-3-18(25)4-6-19/h3-6,13-15,20H,7-12,16H2,1-2H3,(H3,27,29,34)/b28-15+. The number of piperazine rings is 1. The number of rotatable bonds is 6. The summed E-state index contributed by atoms with van der Waals surface area (Å²) in [7, 11) is 4.19. The van der Waals surface area contributed by atoms with Crippen LogP contribution in [0.2, 0.25) is 5.02 Å². The third kappa shape index (κ3) is 5.71. The van der Waals surface area contributed by atoms with Crippen LogP contribution in [0.5, 0.6) is 0 Å². The van der Waals surface area contributed by atoms with Gasteiger partial charge in [-0.25, -0.2) is 4.39 Å². The molecule has 2 saturated heterocycles. The number of anilines is 3. The second-order valence-corrected chi connectivity index (χ2v) is 9.78. The molecule has 1 unspecified atom stereocenters. The molecular formula is C24H31ClFN7S. The van der Waals surface area contributed by atoms with Gasteiger partial charge in [-0.3, -0.25) is 5.43 Å². The lowest BCUT2D eigenvalue weighted by molar-refractivity contribution is 0.315. The van der Waals surface area contributed by atoms with Gasteiger partial charge in [-0.05, 0) is 69.1 Å². The van der Waals surface area contributed by atoms with E-state index in [-0.39, 0.29) is 10.9 Å². The van der Waals surface area contributed by atoms with Crippen LogP contribution in [0.25, 0.3) is 0 Å². The van der Waals surface area contributed by atoms with Crippen molar-refractivity contribution in [2.75, 3.05) is 68.1 Å². The van der Waals surface area contributed by atoms with E-state index in [4.69, 9.17) is 29.6 Å². The van der Waals surface area contributed by atoms with Gasteiger partial charge in [0.2, 0.25) is 0 Å². The molecule has 0 aliphatic carbocycles. The third-order valence-electron chi connectivity index (χ3n) is 6.52. The van der Waals surface area contributed by atoms with Crippen molar-refractivity contribution >= 4 is 52.2 Å². The first-order valence-electron chi connectivity index (χ1n) is 11.4. The Morgan fingerprint density at radius 3 is 2.38 bits per heavy atom. The van der Waals surface area contributed by atoms with Crippen molar-refractivity contribution in [3.63, 3.8) is 0 Å². The molecule has 2 aromatic rings. The molecule has 34 heavy (non-hydrogen) atoms. The summed E-state index contributed by atoms with van der Waals surface area (Å²) in [5, 5.41) is 4.88. The van der Waals surface area contributed by atoms with E-state index in [1.807, 2.05) is 30.3 Å². The van der Waals surface area contributed by atoms with E-state index in [0.717, 1.165) is 62.1 Å². The molecular weight excluding hydrogens is 473 g/mol. The molecule has 0 aromatic heterocycles. The average molecular weight is 504 g/mol. The number of nitrogens with two attached hydrogens (primary N) is 1. The Hall–Kier alpha value is -2.62. The number of hydrogen-bond donors (Lipinski definition) is 2. The van der Waals surface area contributed by atoms with E-state index in [9.17, 15) is 0 Å². The fourth-order valence-corrected chi connectivity index (χ4v) is 4.77. The zero-order valence-corrected chi connectivity index (χ0v) is 21.1. The molecule has 1 atom stereocenters. The van der Waals surface area contributed by atoms with Gasteiger partial charge in [0.15, 0.2) is 5.11 Å². The largest absolute Gasteiger partial charge is 0.375 e. The van der Waals surface area contributed by atoms with Gasteiger partial charge in [-0.15, -0.1) is 0 Å². The number of likely N-dealkylation sites (N-methyl/N-ethyl adjacent to an activating group) is 1. The Morgan fingerprint density at radius 2 is 1.76 bits per heavy atom. The van der Waals surface area contributed by atoms with Gasteiger partial charge in [0.05, 0.1) is 11.9 Å². The maximum atomic E-state index is 15.3. The predicted octanol–water partition coefficient (Wildman–Crippen LogP) is 3.11. The van der Waals surface area contributed by atoms with Gasteiger partial charge in [0, 0.05) is 67.3 Å². The second kappa shape index (κ2) is 10.8. The van der Waals surface area contributed by atoms with Crippen LogP contribution in [0.1, 0.15) is 12.0 Å². The number of thiocarbonyl (C=S) groups is 1. The van der Waals surface area contributed by atoms with E-state index in [1.165, 1.54) is 0 Å². The van der Waals surface area contributed by atoms with Crippen LogP contribution in [0.3, 0.4) is 0 Å². The lowest BCUT2D eigenvalue weighted by Gasteiger charge is -2.38. The Bertz CT molecular complexity index is 1040. The van der Waals surface area contributed by atoms with Crippen molar-refractivity contribution in [3.8, 4) is 0 Å². The summed E-state index contributed by atoms with van der Waals surface area (Å²) in [4.78, 5) is 8.97. The number of nitrogens with zero attached hydrogens (tertiary/aromatic N) is 5. The Kier molecular flexibility index (Phi) is 7.75. The SMILES string of the molecule is CN(C)C1CCN(c2cc(N3CCN(c4ccc(Cl)cc4)CC3)c(F)cc2/C=N/NC(N)=S)C1. The molecule has 0 radical (unpaired) electrons. The van der Waals surface area contributed by atoms with Gasteiger partial charge >= 0.3 is 0 Å². The van der Waals surface area contributed by atoms with E-state index in [0.29, 0.717) is 17.3 Å². The molecule has 182 valence electrons. The molecule has 0 amide bonds. The number of hydrazone groups is 1. The molecule has 0 spiro atoms. The smallest absolute Gasteiger partial charge is 0.184 e. The number of hydrogen-bond acceptors (Lipinski definition) is 6. The normalized spacial score (nSPS) is 18.9. The highest BCUT2D eigenvalue weighted by Gasteiger charge is 2.28. The molecule has 0 bridgehead atoms. The van der Waals surface area contributed by atoms with Gasteiger partial charge in [-0.2, -0.15) is 5.10 Å². The maximum Gasteiger partial charge on any atom is 0.184 e. The summed E-state index contributed by atoms with van der Waals surface area (Å²) in [5.41, 5.74) is 11.5. The maximum absolute atomic E-state index is 15.3. The van der Waals surface area contributed by atoms with Crippen LogP contribution in [-0.2, 0) is 0 Å². The second-order valence-electron chi connectivity index (χ2n) is 8.90. The van der Waals surface area contributed by atoms with Crippen LogP contribution >= 0.6 is 23.8 Å². The van der Waals surface area contributed by atoms with Crippen molar-refractivity contribution in [2.24, 2.45) is 10.8 Å². The molecule has 7 nitrogen and oxygen atoms in total. The van der Waals surface area contributed by atoms with Crippen molar-refractivity contribution in [3.05, 3.63) is 52.8 Å². The minimum Gasteiger partial charge on any atom is -0.375 e. The van der Waals surface area contributed by atoms with Crippen molar-refractivity contribution in [2.45, 2.75) is 12.5 Å². The summed E-state index contributed by atoms with van der Waals surface area (Å²) < 4.78 is 15.3.